The fraction of sp³-hybridized carbons (Fsp3) is 0.529. The van der Waals surface area contributed by atoms with Crippen molar-refractivity contribution in [2.75, 3.05) is 31.2 Å². The van der Waals surface area contributed by atoms with Crippen molar-refractivity contribution in [3.05, 3.63) is 33.4 Å². The molecule has 0 bridgehead atoms. The van der Waals surface area contributed by atoms with Gasteiger partial charge in [0.2, 0.25) is 5.95 Å². The molecule has 5 nitrogen and oxygen atoms in total. The van der Waals surface area contributed by atoms with Crippen molar-refractivity contribution in [2.45, 2.75) is 32.2 Å². The molecule has 0 amide bonds. The molecule has 23 heavy (non-hydrogen) atoms. The zero-order chi connectivity index (χ0) is 15.8. The van der Waals surface area contributed by atoms with Crippen LogP contribution in [0.25, 0.3) is 10.2 Å². The van der Waals surface area contributed by atoms with Crippen LogP contribution in [0, 0.1) is 0 Å². The Morgan fingerprint density at radius 3 is 2.83 bits per heavy atom. The summed E-state index contributed by atoms with van der Waals surface area (Å²) >= 11 is 1.71. The van der Waals surface area contributed by atoms with E-state index in [1.807, 2.05) is 0 Å². The Bertz CT molecular complexity index is 802. The number of hydrogen-bond donors (Lipinski definition) is 0. The Morgan fingerprint density at radius 2 is 2.04 bits per heavy atom. The van der Waals surface area contributed by atoms with Gasteiger partial charge in [0, 0.05) is 24.5 Å². The molecule has 1 aliphatic carbocycles. The number of fused-ring (bicyclic) bond motifs is 3. The number of allylic oxidation sites excluding steroid dienone is 1. The summed E-state index contributed by atoms with van der Waals surface area (Å²) in [5.74, 6) is 0.768. The van der Waals surface area contributed by atoms with Crippen LogP contribution in [0.3, 0.4) is 0 Å². The maximum atomic E-state index is 13.1. The van der Waals surface area contributed by atoms with E-state index in [9.17, 15) is 4.79 Å². The third-order valence-corrected chi connectivity index (χ3v) is 5.85. The highest BCUT2D eigenvalue weighted by Crippen LogP contribution is 2.34. The van der Waals surface area contributed by atoms with E-state index in [4.69, 9.17) is 9.72 Å². The highest BCUT2D eigenvalue weighted by molar-refractivity contribution is 7.18. The largest absolute Gasteiger partial charge is 0.378 e. The lowest BCUT2D eigenvalue weighted by molar-refractivity contribution is 0.121. The Morgan fingerprint density at radius 1 is 1.26 bits per heavy atom. The van der Waals surface area contributed by atoms with Gasteiger partial charge in [-0.3, -0.25) is 9.36 Å². The first kappa shape index (κ1) is 14.9. The number of hydrogen-bond acceptors (Lipinski definition) is 5. The van der Waals surface area contributed by atoms with Crippen LogP contribution in [-0.2, 0) is 24.1 Å². The zero-order valence-electron chi connectivity index (χ0n) is 13.2. The average Bonchev–Trinajstić information content (AvgIpc) is 2.96. The second-order valence-electron chi connectivity index (χ2n) is 6.11. The molecule has 2 aromatic rings. The first-order chi connectivity index (χ1) is 11.3. The molecule has 0 radical (unpaired) electrons. The van der Waals surface area contributed by atoms with Gasteiger partial charge in [0.25, 0.3) is 5.56 Å². The summed E-state index contributed by atoms with van der Waals surface area (Å²) in [6, 6.07) is 0. The lowest BCUT2D eigenvalue weighted by atomic mass is 9.97. The summed E-state index contributed by atoms with van der Waals surface area (Å²) in [5, 5.41) is 0.851. The van der Waals surface area contributed by atoms with Gasteiger partial charge in [-0.25, -0.2) is 4.98 Å². The van der Waals surface area contributed by atoms with Gasteiger partial charge in [-0.2, -0.15) is 0 Å². The normalized spacial score (nSPS) is 18.2. The van der Waals surface area contributed by atoms with E-state index in [0.717, 1.165) is 42.1 Å². The van der Waals surface area contributed by atoms with Crippen molar-refractivity contribution in [3.8, 4) is 0 Å². The van der Waals surface area contributed by atoms with Crippen LogP contribution >= 0.6 is 11.3 Å². The lowest BCUT2D eigenvalue weighted by Crippen LogP contribution is -2.40. The molecular weight excluding hydrogens is 310 g/mol. The predicted octanol–water partition coefficient (Wildman–Crippen LogP) is 2.36. The minimum absolute atomic E-state index is 0.0933. The highest BCUT2D eigenvalue weighted by Gasteiger charge is 2.24. The molecule has 122 valence electrons. The Kier molecular flexibility index (Phi) is 3.95. The van der Waals surface area contributed by atoms with Crippen LogP contribution in [0.5, 0.6) is 0 Å². The van der Waals surface area contributed by atoms with Gasteiger partial charge < -0.3 is 9.64 Å². The number of thiophene rings is 1. The topological polar surface area (TPSA) is 47.4 Å². The minimum Gasteiger partial charge on any atom is -0.378 e. The number of nitrogens with zero attached hydrogens (tertiary/aromatic N) is 3. The average molecular weight is 331 g/mol. The molecule has 2 aliphatic rings. The zero-order valence-corrected chi connectivity index (χ0v) is 14.0. The fourth-order valence-electron chi connectivity index (χ4n) is 3.53. The third kappa shape index (κ3) is 2.50. The molecule has 0 spiro atoms. The van der Waals surface area contributed by atoms with Crippen molar-refractivity contribution in [2.24, 2.45) is 0 Å². The van der Waals surface area contributed by atoms with Crippen molar-refractivity contribution in [1.29, 1.82) is 0 Å². The number of ether oxygens (including phenoxy) is 1. The third-order valence-electron chi connectivity index (χ3n) is 4.66. The van der Waals surface area contributed by atoms with Crippen LogP contribution in [0.4, 0.5) is 5.95 Å². The standard InChI is InChI=1S/C17H21N3O2S/c1-2-7-20-16(21)14-12-5-3-4-6-13(12)23-15(14)18-17(20)19-8-10-22-11-9-19/h2H,1,3-11H2. The molecule has 0 atom stereocenters. The summed E-state index contributed by atoms with van der Waals surface area (Å²) in [4.78, 5) is 22.5. The number of rotatable bonds is 3. The number of aromatic nitrogens is 2. The Hall–Kier alpha value is -1.66. The van der Waals surface area contributed by atoms with Gasteiger partial charge in [0.15, 0.2) is 0 Å². The van der Waals surface area contributed by atoms with Gasteiger partial charge >= 0.3 is 0 Å². The van der Waals surface area contributed by atoms with Crippen molar-refractivity contribution in [3.63, 3.8) is 0 Å². The highest BCUT2D eigenvalue weighted by atomic mass is 32.1. The van der Waals surface area contributed by atoms with Crippen LogP contribution < -0.4 is 10.5 Å². The molecule has 0 saturated carbocycles. The van der Waals surface area contributed by atoms with E-state index in [0.29, 0.717) is 19.8 Å². The van der Waals surface area contributed by atoms with Crippen molar-refractivity contribution in [1.82, 2.24) is 9.55 Å². The molecule has 0 unspecified atom stereocenters. The first-order valence-electron chi connectivity index (χ1n) is 8.28. The Labute approximate surface area is 139 Å². The summed E-state index contributed by atoms with van der Waals surface area (Å²) in [7, 11) is 0. The van der Waals surface area contributed by atoms with Crippen molar-refractivity contribution >= 4 is 27.5 Å². The minimum atomic E-state index is 0.0933. The number of aryl methyl sites for hydroxylation is 2. The molecule has 3 heterocycles. The molecule has 0 N–H and O–H groups in total. The fourth-order valence-corrected chi connectivity index (χ4v) is 4.77. The predicted molar refractivity (Wildman–Crippen MR) is 93.8 cm³/mol. The number of morpholine rings is 1. The quantitative estimate of drug-likeness (QED) is 0.810. The monoisotopic (exact) mass is 331 g/mol. The summed E-state index contributed by atoms with van der Waals surface area (Å²) in [5.41, 5.74) is 1.34. The maximum absolute atomic E-state index is 13.1. The van der Waals surface area contributed by atoms with Gasteiger partial charge in [-0.1, -0.05) is 6.08 Å². The van der Waals surface area contributed by atoms with Crippen LogP contribution in [0.1, 0.15) is 23.3 Å². The summed E-state index contributed by atoms with van der Waals surface area (Å²) in [6.07, 6.45) is 6.26. The van der Waals surface area contributed by atoms with E-state index in [-0.39, 0.29) is 5.56 Å². The molecule has 2 aromatic heterocycles. The van der Waals surface area contributed by atoms with Crippen LogP contribution in [-0.4, -0.2) is 35.9 Å². The first-order valence-corrected chi connectivity index (χ1v) is 9.10. The lowest BCUT2D eigenvalue weighted by Gasteiger charge is -2.29. The molecule has 1 saturated heterocycles. The van der Waals surface area contributed by atoms with E-state index in [2.05, 4.69) is 11.5 Å². The second-order valence-corrected chi connectivity index (χ2v) is 7.19. The van der Waals surface area contributed by atoms with Gasteiger partial charge in [-0.15, -0.1) is 17.9 Å². The van der Waals surface area contributed by atoms with Crippen LogP contribution in [0.2, 0.25) is 0 Å². The molecule has 1 aliphatic heterocycles. The van der Waals surface area contributed by atoms with E-state index < -0.39 is 0 Å². The van der Waals surface area contributed by atoms with Crippen LogP contribution in [0.15, 0.2) is 17.4 Å². The molecular formula is C17H21N3O2S. The van der Waals surface area contributed by atoms with Gasteiger partial charge in [0.1, 0.15) is 4.83 Å². The van der Waals surface area contributed by atoms with E-state index in [1.54, 1.807) is 22.0 Å². The van der Waals surface area contributed by atoms with E-state index in [1.165, 1.54) is 23.3 Å². The molecule has 1 fully saturated rings. The van der Waals surface area contributed by atoms with Gasteiger partial charge in [-0.05, 0) is 31.2 Å². The van der Waals surface area contributed by atoms with E-state index >= 15 is 0 Å². The molecule has 0 aromatic carbocycles. The SMILES string of the molecule is C=CCn1c(N2CCOCC2)nc2sc3c(c2c1=O)CCCC3. The second kappa shape index (κ2) is 6.09. The van der Waals surface area contributed by atoms with Crippen molar-refractivity contribution < 1.29 is 4.74 Å². The van der Waals surface area contributed by atoms with Gasteiger partial charge in [0.05, 0.1) is 18.6 Å². The molecule has 6 heteroatoms. The summed E-state index contributed by atoms with van der Waals surface area (Å²) < 4.78 is 7.21. The Balaban J connectivity index is 1.93. The maximum Gasteiger partial charge on any atom is 0.264 e. The number of anilines is 1. The molecule has 4 rings (SSSR count). The summed E-state index contributed by atoms with van der Waals surface area (Å²) in [6.45, 7) is 7.23. The smallest absolute Gasteiger partial charge is 0.264 e.